The average Bonchev–Trinajstić information content (AvgIpc) is 3.33. The zero-order valence-electron chi connectivity index (χ0n) is 18.7. The van der Waals surface area contributed by atoms with Crippen molar-refractivity contribution >= 4 is 17.8 Å². The van der Waals surface area contributed by atoms with Crippen LogP contribution in [-0.4, -0.2) is 46.6 Å². The van der Waals surface area contributed by atoms with E-state index in [-0.39, 0.29) is 19.4 Å². The normalized spacial score (nSPS) is 12.8. The van der Waals surface area contributed by atoms with Crippen LogP contribution in [0.5, 0.6) is 17.2 Å². The number of benzene rings is 2. The number of nitrogens with zero attached hydrogens (tertiary/aromatic N) is 3. The summed E-state index contributed by atoms with van der Waals surface area (Å²) in [6.45, 7) is 3.21. The summed E-state index contributed by atoms with van der Waals surface area (Å²) in [6, 6.07) is 13.4. The first-order valence-electron chi connectivity index (χ1n) is 10.8. The second-order valence-electron chi connectivity index (χ2n) is 7.48. The molecule has 33 heavy (non-hydrogen) atoms. The van der Waals surface area contributed by atoms with Crippen molar-refractivity contribution in [2.45, 2.75) is 32.5 Å². The van der Waals surface area contributed by atoms with Crippen LogP contribution in [0, 0.1) is 0 Å². The van der Waals surface area contributed by atoms with Gasteiger partial charge in [-0.05, 0) is 41.8 Å². The summed E-state index contributed by atoms with van der Waals surface area (Å²) in [5.74, 6) is 3.45. The molecule has 10 heteroatoms. The number of aliphatic hydroxyl groups is 1. The second kappa shape index (κ2) is 10.7. The highest BCUT2D eigenvalue weighted by Crippen LogP contribution is 2.32. The third-order valence-electron chi connectivity index (χ3n) is 5.15. The van der Waals surface area contributed by atoms with Crippen molar-refractivity contribution in [2.24, 2.45) is 0 Å². The quantitative estimate of drug-likeness (QED) is 0.345. The summed E-state index contributed by atoms with van der Waals surface area (Å²) in [4.78, 5) is 13.4. The molecule has 2 heterocycles. The highest BCUT2D eigenvalue weighted by Gasteiger charge is 2.14. The molecule has 1 atom stereocenters. The number of nitrogens with one attached hydrogen (secondary N) is 3. The maximum atomic E-state index is 9.56. The number of aromatic nitrogens is 3. The molecule has 0 radical (unpaired) electrons. The van der Waals surface area contributed by atoms with Gasteiger partial charge in [-0.2, -0.15) is 15.0 Å². The van der Waals surface area contributed by atoms with E-state index in [2.05, 4.69) is 30.9 Å². The molecular weight excluding hydrogens is 424 g/mol. The largest absolute Gasteiger partial charge is 0.497 e. The topological polar surface area (TPSA) is 123 Å². The lowest BCUT2D eigenvalue weighted by atomic mass is 10.2. The Balaban J connectivity index is 1.49. The molecule has 4 rings (SSSR count). The van der Waals surface area contributed by atoms with Crippen LogP contribution in [0.3, 0.4) is 0 Å². The first-order valence-corrected chi connectivity index (χ1v) is 10.8. The summed E-state index contributed by atoms with van der Waals surface area (Å²) < 4.78 is 16.1. The van der Waals surface area contributed by atoms with E-state index in [1.54, 1.807) is 7.11 Å². The Morgan fingerprint density at radius 1 is 0.939 bits per heavy atom. The molecule has 1 aromatic heterocycles. The summed E-state index contributed by atoms with van der Waals surface area (Å²) in [7, 11) is 1.64. The lowest BCUT2D eigenvalue weighted by Gasteiger charge is -2.16. The van der Waals surface area contributed by atoms with E-state index >= 15 is 0 Å². The van der Waals surface area contributed by atoms with Crippen molar-refractivity contribution in [3.05, 3.63) is 53.6 Å². The molecule has 4 N–H and O–H groups in total. The fourth-order valence-electron chi connectivity index (χ4n) is 3.25. The third kappa shape index (κ3) is 5.92. The SMILES string of the molecule is CC[C@H](CO)Nc1nc(NCc2cccc(OC)c2)nc(NCc2ccc3c(c2)OCO3)n1. The zero-order valence-corrected chi connectivity index (χ0v) is 18.7. The first-order chi connectivity index (χ1) is 16.2. The number of hydrogen-bond donors (Lipinski definition) is 4. The van der Waals surface area contributed by atoms with Gasteiger partial charge >= 0.3 is 0 Å². The van der Waals surface area contributed by atoms with E-state index in [9.17, 15) is 5.11 Å². The van der Waals surface area contributed by atoms with Gasteiger partial charge in [-0.3, -0.25) is 0 Å². The van der Waals surface area contributed by atoms with Gasteiger partial charge in [-0.25, -0.2) is 0 Å². The standard InChI is InChI=1S/C23H28N6O4/c1-3-17(13-30)26-23-28-21(24-11-15-5-4-6-18(9-15)31-2)27-22(29-23)25-12-16-7-8-19-20(10-16)33-14-32-19/h4-10,17,30H,3,11-14H2,1-2H3,(H3,24,25,26,27,28,29)/t17-/m1/s1. The molecule has 0 bridgehead atoms. The number of hydrogen-bond acceptors (Lipinski definition) is 10. The fraction of sp³-hybridized carbons (Fsp3) is 0.348. The van der Waals surface area contributed by atoms with E-state index in [4.69, 9.17) is 14.2 Å². The minimum atomic E-state index is -0.152. The molecule has 0 aliphatic carbocycles. The first kappa shape index (κ1) is 22.4. The van der Waals surface area contributed by atoms with Gasteiger partial charge in [0.25, 0.3) is 0 Å². The van der Waals surface area contributed by atoms with Crippen molar-refractivity contribution < 1.29 is 19.3 Å². The van der Waals surface area contributed by atoms with E-state index in [1.807, 2.05) is 49.4 Å². The van der Waals surface area contributed by atoms with Gasteiger partial charge < -0.3 is 35.3 Å². The summed E-state index contributed by atoms with van der Waals surface area (Å²) in [5, 5.41) is 19.2. The summed E-state index contributed by atoms with van der Waals surface area (Å²) in [6.07, 6.45) is 0.731. The number of fused-ring (bicyclic) bond motifs is 1. The molecule has 3 aromatic rings. The van der Waals surface area contributed by atoms with Gasteiger partial charge in [0.1, 0.15) is 5.75 Å². The predicted octanol–water partition coefficient (Wildman–Crippen LogP) is 3.02. The lowest BCUT2D eigenvalue weighted by molar-refractivity contribution is 0.174. The van der Waals surface area contributed by atoms with E-state index in [1.165, 1.54) is 0 Å². The van der Waals surface area contributed by atoms with Crippen LogP contribution in [0.15, 0.2) is 42.5 Å². The number of methoxy groups -OCH3 is 1. The minimum Gasteiger partial charge on any atom is -0.497 e. The number of aliphatic hydroxyl groups excluding tert-OH is 1. The molecule has 0 fully saturated rings. The Morgan fingerprint density at radius 2 is 1.64 bits per heavy atom. The molecule has 0 amide bonds. The number of anilines is 3. The van der Waals surface area contributed by atoms with Crippen LogP contribution in [0.1, 0.15) is 24.5 Å². The molecule has 0 saturated carbocycles. The second-order valence-corrected chi connectivity index (χ2v) is 7.48. The Hall–Kier alpha value is -3.79. The molecular formula is C23H28N6O4. The molecule has 0 spiro atoms. The maximum absolute atomic E-state index is 9.56. The number of rotatable bonds is 11. The predicted molar refractivity (Wildman–Crippen MR) is 125 cm³/mol. The van der Waals surface area contributed by atoms with Gasteiger partial charge in [0.2, 0.25) is 24.6 Å². The lowest BCUT2D eigenvalue weighted by Crippen LogP contribution is -2.24. The molecule has 0 unspecified atom stereocenters. The van der Waals surface area contributed by atoms with Crippen LogP contribution < -0.4 is 30.2 Å². The molecule has 174 valence electrons. The van der Waals surface area contributed by atoms with E-state index in [0.29, 0.717) is 30.9 Å². The van der Waals surface area contributed by atoms with Gasteiger partial charge in [-0.15, -0.1) is 0 Å². The Bertz CT molecular complexity index is 1080. The highest BCUT2D eigenvalue weighted by molar-refractivity contribution is 5.47. The molecule has 2 aromatic carbocycles. The Morgan fingerprint density at radius 3 is 2.33 bits per heavy atom. The van der Waals surface area contributed by atoms with Crippen molar-refractivity contribution in [2.75, 3.05) is 36.5 Å². The van der Waals surface area contributed by atoms with Crippen molar-refractivity contribution in [3.8, 4) is 17.2 Å². The van der Waals surface area contributed by atoms with Crippen molar-refractivity contribution in [1.29, 1.82) is 0 Å². The van der Waals surface area contributed by atoms with Crippen molar-refractivity contribution in [1.82, 2.24) is 15.0 Å². The van der Waals surface area contributed by atoms with E-state index in [0.717, 1.165) is 34.8 Å². The summed E-state index contributed by atoms with van der Waals surface area (Å²) in [5.41, 5.74) is 2.03. The van der Waals surface area contributed by atoms with Crippen LogP contribution in [0.25, 0.3) is 0 Å². The maximum Gasteiger partial charge on any atom is 0.231 e. The van der Waals surface area contributed by atoms with Gasteiger partial charge in [0.15, 0.2) is 11.5 Å². The summed E-state index contributed by atoms with van der Waals surface area (Å²) >= 11 is 0. The third-order valence-corrected chi connectivity index (χ3v) is 5.15. The highest BCUT2D eigenvalue weighted by atomic mass is 16.7. The van der Waals surface area contributed by atoms with Crippen molar-refractivity contribution in [3.63, 3.8) is 0 Å². The van der Waals surface area contributed by atoms with Gasteiger partial charge in [0.05, 0.1) is 19.8 Å². The van der Waals surface area contributed by atoms with E-state index < -0.39 is 0 Å². The molecule has 1 aliphatic heterocycles. The average molecular weight is 453 g/mol. The zero-order chi connectivity index (χ0) is 23.0. The minimum absolute atomic E-state index is 0.0191. The Kier molecular flexibility index (Phi) is 7.26. The van der Waals surface area contributed by atoms with Crippen LogP contribution in [0.4, 0.5) is 17.8 Å². The smallest absolute Gasteiger partial charge is 0.231 e. The number of ether oxygens (including phenoxy) is 3. The molecule has 10 nitrogen and oxygen atoms in total. The fourth-order valence-corrected chi connectivity index (χ4v) is 3.25. The van der Waals surface area contributed by atoms with Gasteiger partial charge in [0, 0.05) is 13.1 Å². The van der Waals surface area contributed by atoms with Gasteiger partial charge in [-0.1, -0.05) is 25.1 Å². The van der Waals surface area contributed by atoms with Crippen LogP contribution in [-0.2, 0) is 13.1 Å². The molecule has 1 aliphatic rings. The molecule has 0 saturated heterocycles. The van der Waals surface area contributed by atoms with Crippen LogP contribution in [0.2, 0.25) is 0 Å². The Labute approximate surface area is 192 Å². The van der Waals surface area contributed by atoms with Crippen LogP contribution >= 0.6 is 0 Å². The monoisotopic (exact) mass is 452 g/mol.